The minimum absolute atomic E-state index is 0.0373. The number of imidazole rings is 1. The normalized spacial score (nSPS) is 14.8. The fraction of sp³-hybridized carbons (Fsp3) is 0.286. The van der Waals surface area contributed by atoms with Gasteiger partial charge in [-0.2, -0.15) is 0 Å². The number of fused-ring (bicyclic) bond motifs is 2. The van der Waals surface area contributed by atoms with E-state index >= 15 is 0 Å². The third-order valence-electron chi connectivity index (χ3n) is 4.87. The molecule has 2 amide bonds. The first kappa shape index (κ1) is 17.4. The Bertz CT molecular complexity index is 989. The standard InChI is InChI=1S/C21H21N3O3/c1-2-7-19-22-17-10-5-6-11-18(17)23(19)12-14(25)13-24-20(26)15-8-3-4-9-16(15)21(24)27/h3-6,8-11,14,25H,2,7,12-13H2,1H3. The Morgan fingerprint density at radius 1 is 0.963 bits per heavy atom. The minimum Gasteiger partial charge on any atom is -0.389 e. The van der Waals surface area contributed by atoms with Crippen molar-refractivity contribution < 1.29 is 14.7 Å². The molecule has 2 heterocycles. The maximum absolute atomic E-state index is 12.5. The van der Waals surface area contributed by atoms with E-state index in [0.29, 0.717) is 11.1 Å². The number of aromatic nitrogens is 2. The van der Waals surface area contributed by atoms with Gasteiger partial charge in [-0.25, -0.2) is 4.98 Å². The van der Waals surface area contributed by atoms with E-state index in [1.165, 1.54) is 0 Å². The van der Waals surface area contributed by atoms with E-state index in [9.17, 15) is 14.7 Å². The third-order valence-corrected chi connectivity index (χ3v) is 4.87. The molecule has 3 aromatic rings. The predicted molar refractivity (Wildman–Crippen MR) is 102 cm³/mol. The van der Waals surface area contributed by atoms with Gasteiger partial charge in [0.05, 0.1) is 41.4 Å². The summed E-state index contributed by atoms with van der Waals surface area (Å²) in [7, 11) is 0. The van der Waals surface area contributed by atoms with Crippen molar-refractivity contribution in [1.29, 1.82) is 0 Å². The molecular weight excluding hydrogens is 342 g/mol. The number of imide groups is 1. The fourth-order valence-corrected chi connectivity index (χ4v) is 3.63. The number of aliphatic hydroxyl groups excluding tert-OH is 1. The lowest BCUT2D eigenvalue weighted by molar-refractivity contribution is 0.0522. The van der Waals surface area contributed by atoms with Crippen molar-refractivity contribution in [3.05, 3.63) is 65.5 Å². The van der Waals surface area contributed by atoms with E-state index < -0.39 is 6.10 Å². The quantitative estimate of drug-likeness (QED) is 0.683. The van der Waals surface area contributed by atoms with Crippen molar-refractivity contribution in [2.24, 2.45) is 0 Å². The summed E-state index contributed by atoms with van der Waals surface area (Å²) < 4.78 is 1.99. The lowest BCUT2D eigenvalue weighted by Gasteiger charge is -2.20. The summed E-state index contributed by atoms with van der Waals surface area (Å²) in [5, 5.41) is 10.7. The Balaban J connectivity index is 1.56. The zero-order valence-corrected chi connectivity index (χ0v) is 15.1. The van der Waals surface area contributed by atoms with Crippen LogP contribution in [0.25, 0.3) is 11.0 Å². The molecule has 4 rings (SSSR count). The first-order valence-electron chi connectivity index (χ1n) is 9.17. The second kappa shape index (κ2) is 6.96. The first-order valence-corrected chi connectivity index (χ1v) is 9.17. The van der Waals surface area contributed by atoms with Gasteiger partial charge in [-0.05, 0) is 30.7 Å². The van der Waals surface area contributed by atoms with Crippen molar-refractivity contribution in [1.82, 2.24) is 14.5 Å². The second-order valence-electron chi connectivity index (χ2n) is 6.80. The summed E-state index contributed by atoms with van der Waals surface area (Å²) >= 11 is 0. The summed E-state index contributed by atoms with van der Waals surface area (Å²) in [5.74, 6) is 0.206. The van der Waals surface area contributed by atoms with Gasteiger partial charge >= 0.3 is 0 Å². The number of para-hydroxylation sites is 2. The zero-order chi connectivity index (χ0) is 19.0. The number of aliphatic hydroxyl groups is 1. The van der Waals surface area contributed by atoms with Crippen molar-refractivity contribution >= 4 is 22.8 Å². The van der Waals surface area contributed by atoms with E-state index in [1.54, 1.807) is 24.3 Å². The molecule has 1 unspecified atom stereocenters. The Morgan fingerprint density at radius 2 is 1.59 bits per heavy atom. The number of hydrogen-bond acceptors (Lipinski definition) is 4. The molecule has 6 nitrogen and oxygen atoms in total. The molecule has 27 heavy (non-hydrogen) atoms. The molecule has 0 saturated heterocycles. The largest absolute Gasteiger partial charge is 0.389 e. The van der Waals surface area contributed by atoms with Gasteiger partial charge in [-0.3, -0.25) is 14.5 Å². The summed E-state index contributed by atoms with van der Waals surface area (Å²) in [6.07, 6.45) is 0.868. The molecule has 0 saturated carbocycles. The van der Waals surface area contributed by atoms with Gasteiger partial charge in [-0.15, -0.1) is 0 Å². The molecule has 0 bridgehead atoms. The molecule has 1 aromatic heterocycles. The van der Waals surface area contributed by atoms with Crippen LogP contribution in [0.3, 0.4) is 0 Å². The SMILES string of the molecule is CCCc1nc2ccccc2n1CC(O)CN1C(=O)c2ccccc2C1=O. The Morgan fingerprint density at radius 3 is 2.26 bits per heavy atom. The lowest BCUT2D eigenvalue weighted by atomic mass is 10.1. The van der Waals surface area contributed by atoms with E-state index in [0.717, 1.165) is 34.6 Å². The number of rotatable bonds is 6. The lowest BCUT2D eigenvalue weighted by Crippen LogP contribution is -2.38. The number of amides is 2. The van der Waals surface area contributed by atoms with Crippen LogP contribution in [0, 0.1) is 0 Å². The Labute approximate surface area is 157 Å². The molecule has 1 N–H and O–H groups in total. The number of aryl methyl sites for hydroxylation is 1. The van der Waals surface area contributed by atoms with Crippen LogP contribution in [0.5, 0.6) is 0 Å². The van der Waals surface area contributed by atoms with E-state index in [1.807, 2.05) is 28.8 Å². The summed E-state index contributed by atoms with van der Waals surface area (Å²) in [6, 6.07) is 14.5. The number of hydrogen-bond donors (Lipinski definition) is 1. The van der Waals surface area contributed by atoms with E-state index in [2.05, 4.69) is 11.9 Å². The summed E-state index contributed by atoms with van der Waals surface area (Å²) in [4.78, 5) is 30.8. The van der Waals surface area contributed by atoms with Crippen molar-refractivity contribution in [2.45, 2.75) is 32.4 Å². The molecule has 0 fully saturated rings. The second-order valence-corrected chi connectivity index (χ2v) is 6.80. The minimum atomic E-state index is -0.875. The zero-order valence-electron chi connectivity index (χ0n) is 15.1. The third kappa shape index (κ3) is 3.02. The highest BCUT2D eigenvalue weighted by atomic mass is 16.3. The Hall–Kier alpha value is -2.99. The van der Waals surface area contributed by atoms with Gasteiger partial charge in [0.25, 0.3) is 11.8 Å². The number of carbonyl (C=O) groups is 2. The molecule has 1 aliphatic heterocycles. The number of benzene rings is 2. The average molecular weight is 363 g/mol. The molecule has 0 aliphatic carbocycles. The average Bonchev–Trinajstić information content (AvgIpc) is 3.13. The van der Waals surface area contributed by atoms with Crippen LogP contribution < -0.4 is 0 Å². The van der Waals surface area contributed by atoms with Crippen LogP contribution in [0.15, 0.2) is 48.5 Å². The van der Waals surface area contributed by atoms with Crippen LogP contribution in [-0.4, -0.2) is 44.0 Å². The first-order chi connectivity index (χ1) is 13.1. The van der Waals surface area contributed by atoms with E-state index in [4.69, 9.17) is 0 Å². The van der Waals surface area contributed by atoms with Gasteiger partial charge in [0, 0.05) is 6.42 Å². The number of nitrogens with zero attached hydrogens (tertiary/aromatic N) is 3. The molecular formula is C21H21N3O3. The van der Waals surface area contributed by atoms with Gasteiger partial charge in [0.1, 0.15) is 5.82 Å². The van der Waals surface area contributed by atoms with Crippen molar-refractivity contribution in [3.8, 4) is 0 Å². The van der Waals surface area contributed by atoms with Crippen molar-refractivity contribution in [2.75, 3.05) is 6.54 Å². The van der Waals surface area contributed by atoms with Crippen molar-refractivity contribution in [3.63, 3.8) is 0 Å². The number of carbonyl (C=O) groups excluding carboxylic acids is 2. The monoisotopic (exact) mass is 363 g/mol. The Kier molecular flexibility index (Phi) is 4.49. The van der Waals surface area contributed by atoms with Crippen LogP contribution in [0.2, 0.25) is 0 Å². The summed E-state index contributed by atoms with van der Waals surface area (Å²) in [6.45, 7) is 2.33. The molecule has 2 aromatic carbocycles. The highest BCUT2D eigenvalue weighted by Crippen LogP contribution is 2.23. The van der Waals surface area contributed by atoms with Gasteiger partial charge < -0.3 is 9.67 Å². The van der Waals surface area contributed by atoms with Gasteiger partial charge in [-0.1, -0.05) is 31.2 Å². The predicted octanol–water partition coefficient (Wildman–Crippen LogP) is 2.65. The molecule has 1 atom stereocenters. The molecule has 1 aliphatic rings. The van der Waals surface area contributed by atoms with Crippen LogP contribution in [-0.2, 0) is 13.0 Å². The summed E-state index contributed by atoms with van der Waals surface area (Å²) in [5.41, 5.74) is 2.63. The fourth-order valence-electron chi connectivity index (χ4n) is 3.63. The maximum atomic E-state index is 12.5. The maximum Gasteiger partial charge on any atom is 0.261 e. The van der Waals surface area contributed by atoms with E-state index in [-0.39, 0.29) is 24.9 Å². The van der Waals surface area contributed by atoms with Crippen LogP contribution >= 0.6 is 0 Å². The highest BCUT2D eigenvalue weighted by Gasteiger charge is 2.36. The van der Waals surface area contributed by atoms with Gasteiger partial charge in [0.15, 0.2) is 0 Å². The topological polar surface area (TPSA) is 75.4 Å². The highest BCUT2D eigenvalue weighted by molar-refractivity contribution is 6.21. The number of β-amino-alcohol motifs (C(OH)–C–C–N with tert-alkyl or cyclic N) is 1. The van der Waals surface area contributed by atoms with Crippen LogP contribution in [0.1, 0.15) is 39.9 Å². The molecule has 6 heteroatoms. The van der Waals surface area contributed by atoms with Crippen LogP contribution in [0.4, 0.5) is 0 Å². The molecule has 0 spiro atoms. The van der Waals surface area contributed by atoms with Gasteiger partial charge in [0.2, 0.25) is 0 Å². The molecule has 138 valence electrons. The molecule has 0 radical (unpaired) electrons. The smallest absolute Gasteiger partial charge is 0.261 e.